The fraction of sp³-hybridized carbons (Fsp3) is 1.00. The summed E-state index contributed by atoms with van der Waals surface area (Å²) in [5, 5.41) is 0. The van der Waals surface area contributed by atoms with Crippen molar-refractivity contribution in [2.45, 2.75) is 18.9 Å². The Morgan fingerprint density at radius 3 is 2.83 bits per heavy atom. The molecular formula is C9H19NO2. The lowest BCUT2D eigenvalue weighted by molar-refractivity contribution is 0.0911. The molecule has 0 spiro atoms. The lowest BCUT2D eigenvalue weighted by atomic mass is 10.2. The zero-order valence-corrected chi connectivity index (χ0v) is 8.08. The standard InChI is InChI=1S/C9H19NO2/c1-11-7-6-10-5-3-4-9(10)8-12-2/h9H,3-8H2,1-2H3/t9-/m1/s1. The van der Waals surface area contributed by atoms with E-state index < -0.39 is 0 Å². The van der Waals surface area contributed by atoms with Crippen LogP contribution in [0, 0.1) is 0 Å². The van der Waals surface area contributed by atoms with E-state index in [2.05, 4.69) is 4.90 Å². The zero-order valence-electron chi connectivity index (χ0n) is 8.08. The molecule has 0 aromatic heterocycles. The lowest BCUT2D eigenvalue weighted by Crippen LogP contribution is -2.35. The molecule has 0 aliphatic carbocycles. The van der Waals surface area contributed by atoms with Crippen LogP contribution in [0.3, 0.4) is 0 Å². The summed E-state index contributed by atoms with van der Waals surface area (Å²) in [6, 6.07) is 0.630. The molecule has 1 atom stereocenters. The van der Waals surface area contributed by atoms with Gasteiger partial charge in [0, 0.05) is 26.8 Å². The normalized spacial score (nSPS) is 25.0. The zero-order chi connectivity index (χ0) is 8.81. The molecule has 1 aliphatic heterocycles. The number of hydrogen-bond donors (Lipinski definition) is 0. The van der Waals surface area contributed by atoms with Crippen LogP contribution in [0.15, 0.2) is 0 Å². The minimum atomic E-state index is 0.630. The summed E-state index contributed by atoms with van der Waals surface area (Å²) >= 11 is 0. The second kappa shape index (κ2) is 5.51. The van der Waals surface area contributed by atoms with Crippen molar-refractivity contribution in [3.63, 3.8) is 0 Å². The summed E-state index contributed by atoms with van der Waals surface area (Å²) in [4.78, 5) is 2.45. The van der Waals surface area contributed by atoms with Gasteiger partial charge in [0.25, 0.3) is 0 Å². The van der Waals surface area contributed by atoms with Crippen molar-refractivity contribution in [3.05, 3.63) is 0 Å². The fourth-order valence-corrected chi connectivity index (χ4v) is 1.78. The molecule has 0 radical (unpaired) electrons. The maximum atomic E-state index is 5.15. The second-order valence-electron chi connectivity index (χ2n) is 3.28. The van der Waals surface area contributed by atoms with Gasteiger partial charge in [-0.05, 0) is 19.4 Å². The van der Waals surface area contributed by atoms with Gasteiger partial charge in [-0.15, -0.1) is 0 Å². The Morgan fingerprint density at radius 1 is 1.33 bits per heavy atom. The van der Waals surface area contributed by atoms with Crippen LogP contribution >= 0.6 is 0 Å². The van der Waals surface area contributed by atoms with E-state index in [4.69, 9.17) is 9.47 Å². The van der Waals surface area contributed by atoms with E-state index in [1.165, 1.54) is 19.4 Å². The van der Waals surface area contributed by atoms with Crippen LogP contribution in [0.25, 0.3) is 0 Å². The summed E-state index contributed by atoms with van der Waals surface area (Å²) in [5.74, 6) is 0. The Balaban J connectivity index is 2.20. The predicted molar refractivity (Wildman–Crippen MR) is 48.3 cm³/mol. The fourth-order valence-electron chi connectivity index (χ4n) is 1.78. The van der Waals surface area contributed by atoms with E-state index in [-0.39, 0.29) is 0 Å². The Morgan fingerprint density at radius 2 is 2.17 bits per heavy atom. The van der Waals surface area contributed by atoms with Gasteiger partial charge >= 0.3 is 0 Å². The average molecular weight is 173 g/mol. The van der Waals surface area contributed by atoms with Gasteiger partial charge in [0.1, 0.15) is 0 Å². The number of likely N-dealkylation sites (tertiary alicyclic amines) is 1. The highest BCUT2D eigenvalue weighted by molar-refractivity contribution is 4.78. The highest BCUT2D eigenvalue weighted by Crippen LogP contribution is 2.16. The Hall–Kier alpha value is -0.120. The lowest BCUT2D eigenvalue weighted by Gasteiger charge is -2.22. The third kappa shape index (κ3) is 2.73. The SMILES string of the molecule is COCCN1CCC[C@@H]1COC. The number of ether oxygens (including phenoxy) is 2. The van der Waals surface area contributed by atoms with Crippen LogP contribution < -0.4 is 0 Å². The molecule has 1 heterocycles. The maximum absolute atomic E-state index is 5.15. The average Bonchev–Trinajstić information content (AvgIpc) is 2.50. The molecule has 1 fully saturated rings. The maximum Gasteiger partial charge on any atom is 0.0618 e. The number of nitrogens with zero attached hydrogens (tertiary/aromatic N) is 1. The first kappa shape index (κ1) is 9.96. The molecule has 12 heavy (non-hydrogen) atoms. The van der Waals surface area contributed by atoms with Crippen LogP contribution in [0.5, 0.6) is 0 Å². The molecule has 1 aliphatic rings. The molecule has 1 saturated heterocycles. The topological polar surface area (TPSA) is 21.7 Å². The minimum Gasteiger partial charge on any atom is -0.383 e. The van der Waals surface area contributed by atoms with Crippen LogP contribution in [0.2, 0.25) is 0 Å². The van der Waals surface area contributed by atoms with E-state index in [1.54, 1.807) is 14.2 Å². The molecule has 0 aromatic rings. The van der Waals surface area contributed by atoms with E-state index in [1.807, 2.05) is 0 Å². The van der Waals surface area contributed by atoms with Crippen molar-refractivity contribution in [3.8, 4) is 0 Å². The minimum absolute atomic E-state index is 0.630. The van der Waals surface area contributed by atoms with E-state index in [0.29, 0.717) is 6.04 Å². The summed E-state index contributed by atoms with van der Waals surface area (Å²) in [6.45, 7) is 3.95. The van der Waals surface area contributed by atoms with Gasteiger partial charge in [0.05, 0.1) is 13.2 Å². The number of methoxy groups -OCH3 is 2. The second-order valence-corrected chi connectivity index (χ2v) is 3.28. The van der Waals surface area contributed by atoms with Crippen LogP contribution in [0.1, 0.15) is 12.8 Å². The number of hydrogen-bond acceptors (Lipinski definition) is 3. The first-order valence-corrected chi connectivity index (χ1v) is 4.60. The largest absolute Gasteiger partial charge is 0.383 e. The van der Waals surface area contributed by atoms with Crippen molar-refractivity contribution in [1.29, 1.82) is 0 Å². The van der Waals surface area contributed by atoms with Crippen molar-refractivity contribution < 1.29 is 9.47 Å². The molecule has 0 bridgehead atoms. The highest BCUT2D eigenvalue weighted by atomic mass is 16.5. The summed E-state index contributed by atoms with van der Waals surface area (Å²) in [7, 11) is 3.52. The number of rotatable bonds is 5. The van der Waals surface area contributed by atoms with Crippen molar-refractivity contribution in [1.82, 2.24) is 4.90 Å². The molecule has 0 saturated carbocycles. The monoisotopic (exact) mass is 173 g/mol. The summed E-state index contributed by atoms with van der Waals surface area (Å²) < 4.78 is 10.2. The molecule has 0 unspecified atom stereocenters. The quantitative estimate of drug-likeness (QED) is 0.612. The molecule has 3 nitrogen and oxygen atoms in total. The predicted octanol–water partition coefficient (Wildman–Crippen LogP) is 0.744. The molecule has 72 valence electrons. The smallest absolute Gasteiger partial charge is 0.0618 e. The van der Waals surface area contributed by atoms with E-state index >= 15 is 0 Å². The van der Waals surface area contributed by atoms with Gasteiger partial charge < -0.3 is 9.47 Å². The molecule has 0 amide bonds. The Bertz CT molecular complexity index is 119. The van der Waals surface area contributed by atoms with Gasteiger partial charge in [-0.25, -0.2) is 0 Å². The van der Waals surface area contributed by atoms with Crippen molar-refractivity contribution in [2.75, 3.05) is 40.5 Å². The van der Waals surface area contributed by atoms with Gasteiger partial charge in [-0.2, -0.15) is 0 Å². The van der Waals surface area contributed by atoms with Gasteiger partial charge in [-0.1, -0.05) is 0 Å². The van der Waals surface area contributed by atoms with E-state index in [9.17, 15) is 0 Å². The third-order valence-corrected chi connectivity index (χ3v) is 2.44. The first-order valence-electron chi connectivity index (χ1n) is 4.60. The molecular weight excluding hydrogens is 154 g/mol. The molecule has 3 heteroatoms. The van der Waals surface area contributed by atoms with Crippen molar-refractivity contribution in [2.24, 2.45) is 0 Å². The van der Waals surface area contributed by atoms with E-state index in [0.717, 1.165) is 19.8 Å². The molecule has 0 N–H and O–H groups in total. The van der Waals surface area contributed by atoms with Crippen LogP contribution in [0.4, 0.5) is 0 Å². The van der Waals surface area contributed by atoms with Crippen LogP contribution in [-0.2, 0) is 9.47 Å². The van der Waals surface area contributed by atoms with Crippen molar-refractivity contribution >= 4 is 0 Å². The summed E-state index contributed by atoms with van der Waals surface area (Å²) in [6.07, 6.45) is 2.58. The third-order valence-electron chi connectivity index (χ3n) is 2.44. The highest BCUT2D eigenvalue weighted by Gasteiger charge is 2.23. The van der Waals surface area contributed by atoms with Gasteiger partial charge in [0.15, 0.2) is 0 Å². The molecule has 0 aromatic carbocycles. The van der Waals surface area contributed by atoms with Crippen LogP contribution in [-0.4, -0.2) is 51.5 Å². The van der Waals surface area contributed by atoms with Gasteiger partial charge in [-0.3, -0.25) is 4.90 Å². The van der Waals surface area contributed by atoms with Gasteiger partial charge in [0.2, 0.25) is 0 Å². The summed E-state index contributed by atoms with van der Waals surface area (Å²) in [5.41, 5.74) is 0. The Labute approximate surface area is 74.6 Å². The molecule has 1 rings (SSSR count). The first-order chi connectivity index (χ1) is 5.88. The Kier molecular flexibility index (Phi) is 4.58.